The molecule has 0 unspecified atom stereocenters. The summed E-state index contributed by atoms with van der Waals surface area (Å²) in [6.45, 7) is 2.00. The standard InChI is InChI=1S/C19H16O3S2/c1-14-12-13-17(23-24(20,21)22)19(16-10-6-3-7-11-16)18(14)15-8-4-2-5-9-15/h2-13H,1H3,(H,20,21,22). The van der Waals surface area contributed by atoms with Crippen molar-refractivity contribution in [1.82, 2.24) is 0 Å². The first-order valence-corrected chi connectivity index (χ1v) is 10.1. The molecule has 5 heteroatoms. The van der Waals surface area contributed by atoms with Gasteiger partial charge >= 0.3 is 9.15 Å². The van der Waals surface area contributed by atoms with E-state index in [0.717, 1.165) is 27.8 Å². The highest BCUT2D eigenvalue weighted by Crippen LogP contribution is 2.42. The van der Waals surface area contributed by atoms with E-state index in [9.17, 15) is 13.0 Å². The predicted molar refractivity (Wildman–Crippen MR) is 99.5 cm³/mol. The van der Waals surface area contributed by atoms with E-state index < -0.39 is 9.15 Å². The van der Waals surface area contributed by atoms with Crippen molar-refractivity contribution in [2.45, 2.75) is 11.8 Å². The van der Waals surface area contributed by atoms with E-state index in [-0.39, 0.29) is 0 Å². The molecule has 0 atom stereocenters. The number of benzene rings is 3. The van der Waals surface area contributed by atoms with Crippen molar-refractivity contribution in [3.8, 4) is 22.3 Å². The maximum atomic E-state index is 11.4. The van der Waals surface area contributed by atoms with Crippen LogP contribution in [0.5, 0.6) is 0 Å². The van der Waals surface area contributed by atoms with E-state index in [2.05, 4.69) is 0 Å². The molecule has 0 fully saturated rings. The third-order valence-corrected chi connectivity index (χ3v) is 5.60. The molecule has 0 radical (unpaired) electrons. The summed E-state index contributed by atoms with van der Waals surface area (Å²) in [4.78, 5) is 0.508. The Labute approximate surface area is 145 Å². The molecule has 3 aromatic rings. The number of aryl methyl sites for hydroxylation is 1. The summed E-state index contributed by atoms with van der Waals surface area (Å²) in [5.74, 6) is 0. The lowest BCUT2D eigenvalue weighted by molar-refractivity contribution is 0.503. The fourth-order valence-corrected chi connectivity index (χ4v) is 4.49. The first-order chi connectivity index (χ1) is 11.5. The summed E-state index contributed by atoms with van der Waals surface area (Å²) in [5.41, 5.74) is 4.73. The average molecular weight is 356 g/mol. The molecular weight excluding hydrogens is 340 g/mol. The summed E-state index contributed by atoms with van der Waals surface area (Å²) in [6.07, 6.45) is 0. The minimum atomic E-state index is -4.20. The van der Waals surface area contributed by atoms with Gasteiger partial charge in [-0.05, 0) is 35.2 Å². The molecule has 0 aliphatic carbocycles. The molecule has 0 aromatic heterocycles. The van der Waals surface area contributed by atoms with E-state index in [0.29, 0.717) is 15.7 Å². The Kier molecular flexibility index (Phi) is 4.76. The Balaban J connectivity index is 2.34. The maximum Gasteiger partial charge on any atom is 0.324 e. The summed E-state index contributed by atoms with van der Waals surface area (Å²) in [7, 11) is -3.74. The Bertz CT molecular complexity index is 951. The van der Waals surface area contributed by atoms with Gasteiger partial charge < -0.3 is 0 Å². The molecule has 0 heterocycles. The zero-order valence-electron chi connectivity index (χ0n) is 13.0. The molecule has 122 valence electrons. The second kappa shape index (κ2) is 6.81. The van der Waals surface area contributed by atoms with Gasteiger partial charge in [0.05, 0.1) is 0 Å². The normalized spacial score (nSPS) is 11.4. The van der Waals surface area contributed by atoms with Crippen LogP contribution in [0.25, 0.3) is 22.3 Å². The molecule has 3 aromatic carbocycles. The van der Waals surface area contributed by atoms with E-state index in [1.165, 1.54) is 0 Å². The largest absolute Gasteiger partial charge is 0.324 e. The Morgan fingerprint density at radius 2 is 1.25 bits per heavy atom. The van der Waals surface area contributed by atoms with E-state index in [1.54, 1.807) is 6.07 Å². The highest BCUT2D eigenvalue weighted by atomic mass is 33.1. The fourth-order valence-electron chi connectivity index (χ4n) is 2.74. The smallest absolute Gasteiger partial charge is 0.277 e. The quantitative estimate of drug-likeness (QED) is 0.514. The van der Waals surface area contributed by atoms with Crippen molar-refractivity contribution >= 4 is 19.9 Å². The van der Waals surface area contributed by atoms with Crippen LogP contribution < -0.4 is 0 Å². The van der Waals surface area contributed by atoms with Gasteiger partial charge in [0, 0.05) is 21.3 Å². The van der Waals surface area contributed by atoms with Crippen molar-refractivity contribution in [2.75, 3.05) is 0 Å². The molecule has 3 rings (SSSR count). The first kappa shape index (κ1) is 16.8. The van der Waals surface area contributed by atoms with Crippen molar-refractivity contribution in [3.63, 3.8) is 0 Å². The molecule has 0 saturated heterocycles. The lowest BCUT2D eigenvalue weighted by Gasteiger charge is -2.17. The van der Waals surface area contributed by atoms with Crippen molar-refractivity contribution in [1.29, 1.82) is 0 Å². The Hall–Kier alpha value is -2.08. The van der Waals surface area contributed by atoms with E-state index in [1.807, 2.05) is 73.7 Å². The van der Waals surface area contributed by atoms with Gasteiger partial charge in [0.25, 0.3) is 0 Å². The molecule has 0 bridgehead atoms. The lowest BCUT2D eigenvalue weighted by Crippen LogP contribution is -1.95. The molecule has 0 aliphatic rings. The summed E-state index contributed by atoms with van der Waals surface area (Å²) >= 11 is 0. The zero-order chi connectivity index (χ0) is 17.2. The Morgan fingerprint density at radius 1 is 0.750 bits per heavy atom. The molecule has 3 nitrogen and oxygen atoms in total. The van der Waals surface area contributed by atoms with Crippen LogP contribution in [0.4, 0.5) is 0 Å². The topological polar surface area (TPSA) is 54.4 Å². The van der Waals surface area contributed by atoms with E-state index in [4.69, 9.17) is 0 Å². The molecular formula is C19H16O3S2. The average Bonchev–Trinajstić information content (AvgIpc) is 2.56. The highest BCUT2D eigenvalue weighted by Gasteiger charge is 2.19. The number of rotatable bonds is 4. The molecule has 0 spiro atoms. The summed E-state index contributed by atoms with van der Waals surface area (Å²) < 4.78 is 32.2. The monoisotopic (exact) mass is 356 g/mol. The summed E-state index contributed by atoms with van der Waals surface area (Å²) in [6, 6.07) is 23.1. The molecule has 0 amide bonds. The van der Waals surface area contributed by atoms with Gasteiger partial charge in [0.1, 0.15) is 0 Å². The fraction of sp³-hybridized carbons (Fsp3) is 0.0526. The molecule has 1 N–H and O–H groups in total. The minimum Gasteiger partial charge on any atom is -0.277 e. The number of hydrogen-bond acceptors (Lipinski definition) is 3. The Morgan fingerprint density at radius 3 is 1.75 bits per heavy atom. The van der Waals surface area contributed by atoms with Crippen LogP contribution in [-0.2, 0) is 9.15 Å². The van der Waals surface area contributed by atoms with Gasteiger partial charge in [-0.2, -0.15) is 8.42 Å². The summed E-state index contributed by atoms with van der Waals surface area (Å²) in [5, 5.41) is 0. The highest BCUT2D eigenvalue weighted by molar-refractivity contribution is 8.70. The van der Waals surface area contributed by atoms with Crippen molar-refractivity contribution < 1.29 is 13.0 Å². The second-order valence-corrected chi connectivity index (χ2v) is 8.60. The van der Waals surface area contributed by atoms with Crippen LogP contribution in [0.1, 0.15) is 5.56 Å². The lowest BCUT2D eigenvalue weighted by atomic mass is 9.91. The van der Waals surface area contributed by atoms with Crippen molar-refractivity contribution in [3.05, 3.63) is 78.4 Å². The van der Waals surface area contributed by atoms with E-state index >= 15 is 0 Å². The SMILES string of the molecule is Cc1ccc(SS(=O)(=O)O)c(-c2ccccc2)c1-c1ccccc1. The van der Waals surface area contributed by atoms with Gasteiger partial charge in [-0.3, -0.25) is 4.55 Å². The van der Waals surface area contributed by atoms with Crippen LogP contribution in [0.2, 0.25) is 0 Å². The predicted octanol–water partition coefficient (Wildman–Crippen LogP) is 5.22. The van der Waals surface area contributed by atoms with Gasteiger partial charge in [-0.15, -0.1) is 0 Å². The van der Waals surface area contributed by atoms with Crippen LogP contribution in [-0.4, -0.2) is 13.0 Å². The number of hydrogen-bond donors (Lipinski definition) is 1. The maximum absolute atomic E-state index is 11.4. The second-order valence-electron chi connectivity index (χ2n) is 5.37. The van der Waals surface area contributed by atoms with Crippen LogP contribution in [0.3, 0.4) is 0 Å². The van der Waals surface area contributed by atoms with Gasteiger partial charge in [-0.25, -0.2) is 0 Å². The molecule has 0 saturated carbocycles. The van der Waals surface area contributed by atoms with Crippen LogP contribution in [0, 0.1) is 6.92 Å². The molecule has 24 heavy (non-hydrogen) atoms. The molecule has 0 aliphatic heterocycles. The zero-order valence-corrected chi connectivity index (χ0v) is 14.6. The third-order valence-electron chi connectivity index (χ3n) is 3.70. The minimum absolute atomic E-state index is 0.468. The van der Waals surface area contributed by atoms with Gasteiger partial charge in [-0.1, -0.05) is 66.7 Å². The third kappa shape index (κ3) is 3.70. The van der Waals surface area contributed by atoms with Gasteiger partial charge in [0.15, 0.2) is 0 Å². The van der Waals surface area contributed by atoms with Gasteiger partial charge in [0.2, 0.25) is 0 Å². The first-order valence-electron chi connectivity index (χ1n) is 7.37. The van der Waals surface area contributed by atoms with Crippen molar-refractivity contribution in [2.24, 2.45) is 0 Å². The van der Waals surface area contributed by atoms with Crippen LogP contribution in [0.15, 0.2) is 77.7 Å². The van der Waals surface area contributed by atoms with Crippen LogP contribution >= 0.6 is 10.8 Å².